The summed E-state index contributed by atoms with van der Waals surface area (Å²) < 4.78 is 28.2. The van der Waals surface area contributed by atoms with Crippen molar-refractivity contribution in [3.63, 3.8) is 0 Å². The molecule has 0 aromatic heterocycles. The van der Waals surface area contributed by atoms with Crippen LogP contribution in [0.3, 0.4) is 0 Å². The maximum Gasteiger partial charge on any atom is 0.137 e. The van der Waals surface area contributed by atoms with E-state index in [2.05, 4.69) is 18.7 Å². The monoisotopic (exact) mass is 524 g/mol. The van der Waals surface area contributed by atoms with Gasteiger partial charge in [-0.2, -0.15) is 0 Å². The van der Waals surface area contributed by atoms with Gasteiger partial charge in [0.2, 0.25) is 0 Å². The number of likely N-dealkylation sites (tertiary alicyclic amines) is 1. The van der Waals surface area contributed by atoms with Crippen LogP contribution >= 0.6 is 23.2 Å². The van der Waals surface area contributed by atoms with Crippen molar-refractivity contribution in [2.75, 3.05) is 0 Å². The van der Waals surface area contributed by atoms with Crippen LogP contribution in [0.5, 0.6) is 0 Å². The molecule has 3 rings (SSSR count). The highest BCUT2D eigenvalue weighted by molar-refractivity contribution is 7.74. The number of carbonyl (C=O) groups excluding carboxylic acids is 1. The molecule has 0 aliphatic carbocycles. The minimum atomic E-state index is -2.69. The number of hydrogen-bond donors (Lipinski definition) is 0. The third kappa shape index (κ3) is 5.58. The fraction of sp³-hybridized carbons (Fsp3) is 0.500. The third-order valence-corrected chi connectivity index (χ3v) is 8.42. The SMILES string of the molecule is CCC(CC)N1C(c2ccc(Cl)cc2)C(c2cccc(Cl)c2)CC(C)(C(C)OS(=O)[O-])C1C=O. The molecule has 2 aromatic carbocycles. The van der Waals surface area contributed by atoms with Crippen LogP contribution in [0.4, 0.5) is 0 Å². The second kappa shape index (κ2) is 11.6. The molecule has 0 amide bonds. The summed E-state index contributed by atoms with van der Waals surface area (Å²) in [5, 5.41) is 1.27. The molecule has 1 saturated heterocycles. The van der Waals surface area contributed by atoms with Crippen LogP contribution in [0.15, 0.2) is 48.5 Å². The van der Waals surface area contributed by atoms with E-state index in [1.54, 1.807) is 6.92 Å². The number of benzene rings is 2. The van der Waals surface area contributed by atoms with Gasteiger partial charge in [0.1, 0.15) is 6.29 Å². The normalized spacial score (nSPS) is 27.5. The number of nitrogens with zero attached hydrogens (tertiary/aromatic N) is 1. The van der Waals surface area contributed by atoms with Gasteiger partial charge < -0.3 is 9.35 Å². The van der Waals surface area contributed by atoms with Gasteiger partial charge in [0.15, 0.2) is 0 Å². The zero-order valence-corrected chi connectivity index (χ0v) is 22.3. The van der Waals surface area contributed by atoms with Crippen molar-refractivity contribution in [3.8, 4) is 0 Å². The number of hydrogen-bond acceptors (Lipinski definition) is 5. The Bertz CT molecular complexity index is 1000. The Kier molecular flexibility index (Phi) is 9.35. The molecule has 2 aromatic rings. The van der Waals surface area contributed by atoms with Crippen LogP contribution in [0.1, 0.15) is 70.0 Å². The zero-order chi connectivity index (χ0) is 25.0. The molecule has 6 atom stereocenters. The van der Waals surface area contributed by atoms with E-state index in [9.17, 15) is 13.6 Å². The van der Waals surface area contributed by atoms with Gasteiger partial charge in [-0.05, 0) is 61.6 Å². The van der Waals surface area contributed by atoms with Gasteiger partial charge in [-0.1, -0.05) is 68.2 Å². The third-order valence-electron chi connectivity index (χ3n) is 7.49. The molecule has 34 heavy (non-hydrogen) atoms. The fourth-order valence-electron chi connectivity index (χ4n) is 5.55. The summed E-state index contributed by atoms with van der Waals surface area (Å²) in [4.78, 5) is 15.0. The van der Waals surface area contributed by atoms with Crippen molar-refractivity contribution in [2.24, 2.45) is 5.41 Å². The number of carbonyl (C=O) groups is 1. The Morgan fingerprint density at radius 2 is 1.79 bits per heavy atom. The van der Waals surface area contributed by atoms with Gasteiger partial charge in [0, 0.05) is 33.5 Å². The minimum Gasteiger partial charge on any atom is -0.750 e. The van der Waals surface area contributed by atoms with Crippen LogP contribution in [0, 0.1) is 5.41 Å². The van der Waals surface area contributed by atoms with Crippen molar-refractivity contribution in [1.82, 2.24) is 4.90 Å². The van der Waals surface area contributed by atoms with E-state index in [1.165, 1.54) is 0 Å². The summed E-state index contributed by atoms with van der Waals surface area (Å²) in [6.45, 7) is 7.91. The van der Waals surface area contributed by atoms with E-state index in [4.69, 9.17) is 27.4 Å². The number of halogens is 2. The molecule has 5 nitrogen and oxygen atoms in total. The molecule has 8 heteroatoms. The van der Waals surface area contributed by atoms with Gasteiger partial charge in [-0.3, -0.25) is 9.08 Å². The fourth-order valence-corrected chi connectivity index (χ4v) is 6.33. The molecule has 0 bridgehead atoms. The van der Waals surface area contributed by atoms with E-state index in [0.717, 1.165) is 30.3 Å². The predicted octanol–water partition coefficient (Wildman–Crippen LogP) is 6.49. The average molecular weight is 526 g/mol. The van der Waals surface area contributed by atoms with Crippen LogP contribution in [-0.4, -0.2) is 38.1 Å². The Balaban J connectivity index is 2.26. The lowest BCUT2D eigenvalue weighted by Crippen LogP contribution is -2.62. The second-order valence-corrected chi connectivity index (χ2v) is 10.8. The Morgan fingerprint density at radius 3 is 2.32 bits per heavy atom. The first-order chi connectivity index (χ1) is 16.2. The summed E-state index contributed by atoms with van der Waals surface area (Å²) in [6.07, 6.45) is 2.48. The summed E-state index contributed by atoms with van der Waals surface area (Å²) in [7, 11) is 0. The molecule has 0 saturated carbocycles. The molecular weight excluding hydrogens is 493 g/mol. The first kappa shape index (κ1) is 27.3. The highest BCUT2D eigenvalue weighted by Crippen LogP contribution is 2.54. The number of aldehydes is 1. The smallest absolute Gasteiger partial charge is 0.137 e. The average Bonchev–Trinajstić information content (AvgIpc) is 2.80. The van der Waals surface area contributed by atoms with E-state index in [-0.39, 0.29) is 18.0 Å². The van der Waals surface area contributed by atoms with Crippen molar-refractivity contribution in [1.29, 1.82) is 0 Å². The Morgan fingerprint density at radius 1 is 1.15 bits per heavy atom. The molecular formula is C26H32Cl2NO4S-. The number of piperidine rings is 1. The molecule has 1 heterocycles. The van der Waals surface area contributed by atoms with Crippen LogP contribution in [0.2, 0.25) is 10.0 Å². The minimum absolute atomic E-state index is 0.0622. The molecule has 0 radical (unpaired) electrons. The summed E-state index contributed by atoms with van der Waals surface area (Å²) >= 11 is 9.91. The van der Waals surface area contributed by atoms with E-state index in [0.29, 0.717) is 16.5 Å². The Hall–Kier alpha value is -1.28. The van der Waals surface area contributed by atoms with Gasteiger partial charge in [-0.25, -0.2) is 4.21 Å². The molecule has 0 N–H and O–H groups in total. The highest BCUT2D eigenvalue weighted by Gasteiger charge is 2.54. The van der Waals surface area contributed by atoms with Crippen molar-refractivity contribution in [2.45, 2.75) is 77.1 Å². The molecule has 1 aliphatic rings. The van der Waals surface area contributed by atoms with Crippen LogP contribution in [0.25, 0.3) is 0 Å². The molecule has 1 aliphatic heterocycles. The van der Waals surface area contributed by atoms with Crippen molar-refractivity contribution >= 4 is 40.8 Å². The zero-order valence-electron chi connectivity index (χ0n) is 19.9. The largest absolute Gasteiger partial charge is 0.750 e. The van der Waals surface area contributed by atoms with E-state index >= 15 is 0 Å². The standard InChI is InChI=1S/C26H33Cl2NO4S/c1-5-22(6-2)29-24(16-30)26(4,17(3)33-34(31)32)15-23(19-8-7-9-21(28)14-19)25(29)18-10-12-20(27)13-11-18/h7-14,16-17,22-25H,5-6,15H2,1-4H3,(H,31,32)/p-1. The predicted molar refractivity (Wildman–Crippen MR) is 137 cm³/mol. The number of rotatable bonds is 9. The summed E-state index contributed by atoms with van der Waals surface area (Å²) in [5.41, 5.74) is 1.32. The highest BCUT2D eigenvalue weighted by atomic mass is 35.5. The maximum atomic E-state index is 12.7. The van der Waals surface area contributed by atoms with Gasteiger partial charge in [0.05, 0.1) is 23.5 Å². The molecule has 186 valence electrons. The summed E-state index contributed by atoms with van der Waals surface area (Å²) in [6, 6.07) is 14.9. The summed E-state index contributed by atoms with van der Waals surface area (Å²) in [5.74, 6) is -0.0622. The van der Waals surface area contributed by atoms with Gasteiger partial charge in [-0.15, -0.1) is 0 Å². The topological polar surface area (TPSA) is 69.7 Å². The first-order valence-electron chi connectivity index (χ1n) is 11.7. The van der Waals surface area contributed by atoms with Crippen LogP contribution < -0.4 is 0 Å². The molecule has 6 unspecified atom stereocenters. The molecule has 0 spiro atoms. The van der Waals surface area contributed by atoms with Crippen LogP contribution in [-0.2, 0) is 20.3 Å². The van der Waals surface area contributed by atoms with Crippen molar-refractivity contribution in [3.05, 3.63) is 69.7 Å². The lowest BCUT2D eigenvalue weighted by atomic mass is 9.62. The lowest BCUT2D eigenvalue weighted by Gasteiger charge is -2.57. The lowest BCUT2D eigenvalue weighted by molar-refractivity contribution is -0.136. The second-order valence-electron chi connectivity index (χ2n) is 9.31. The van der Waals surface area contributed by atoms with Gasteiger partial charge >= 0.3 is 0 Å². The quantitative estimate of drug-likeness (QED) is 0.277. The molecule has 1 fully saturated rings. The first-order valence-corrected chi connectivity index (χ1v) is 13.4. The maximum absolute atomic E-state index is 12.7. The Labute approximate surface area is 215 Å². The van der Waals surface area contributed by atoms with Gasteiger partial charge in [0.25, 0.3) is 0 Å². The van der Waals surface area contributed by atoms with E-state index < -0.39 is 28.9 Å². The van der Waals surface area contributed by atoms with Crippen molar-refractivity contribution < 1.29 is 17.7 Å². The van der Waals surface area contributed by atoms with E-state index in [1.807, 2.05) is 55.5 Å².